The zero-order valence-corrected chi connectivity index (χ0v) is 12.3. The van der Waals surface area contributed by atoms with Crippen LogP contribution in [0.2, 0.25) is 0 Å². The minimum atomic E-state index is -0.700. The highest BCUT2D eigenvalue weighted by molar-refractivity contribution is 9.10. The van der Waals surface area contributed by atoms with E-state index in [0.717, 1.165) is 6.07 Å². The van der Waals surface area contributed by atoms with Crippen molar-refractivity contribution >= 4 is 38.7 Å². The normalized spacial score (nSPS) is 10.8. The summed E-state index contributed by atoms with van der Waals surface area (Å²) in [5.74, 6) is -0.284. The Morgan fingerprint density at radius 1 is 1.00 bits per heavy atom. The molecule has 9 nitrogen and oxygen atoms in total. The van der Waals surface area contributed by atoms with E-state index in [1.165, 1.54) is 30.3 Å². The molecule has 0 aliphatic heterocycles. The monoisotopic (exact) mass is 366 g/mol. The third-order valence-corrected chi connectivity index (χ3v) is 3.16. The van der Waals surface area contributed by atoms with Crippen molar-refractivity contribution in [1.82, 2.24) is 0 Å². The molecule has 1 N–H and O–H groups in total. The molecule has 22 heavy (non-hydrogen) atoms. The first-order chi connectivity index (χ1) is 10.4. The van der Waals surface area contributed by atoms with E-state index in [4.69, 9.17) is 0 Å². The third kappa shape index (κ3) is 3.41. The fourth-order valence-electron chi connectivity index (χ4n) is 1.56. The molecule has 2 aromatic rings. The second-order valence-electron chi connectivity index (χ2n) is 4.03. The molecule has 0 aromatic heterocycles. The number of azo groups is 1. The van der Waals surface area contributed by atoms with Gasteiger partial charge in [0.25, 0.3) is 5.69 Å². The molecule has 0 radical (unpaired) electrons. The average molecular weight is 367 g/mol. The SMILES string of the molecule is O=[N+]([O-])c1ccc(N=Nc2c(Br)cc(O)cc2[N+](=O)[O-])cc1. The quantitative estimate of drug-likeness (QED) is 0.486. The van der Waals surface area contributed by atoms with Crippen molar-refractivity contribution in [1.29, 1.82) is 0 Å². The first-order valence-electron chi connectivity index (χ1n) is 5.71. The highest BCUT2D eigenvalue weighted by Crippen LogP contribution is 2.39. The first kappa shape index (κ1) is 15.5. The van der Waals surface area contributed by atoms with Gasteiger partial charge in [-0.05, 0) is 34.1 Å². The molecular weight excluding hydrogens is 360 g/mol. The Labute approximate surface area is 131 Å². The van der Waals surface area contributed by atoms with E-state index in [1.807, 2.05) is 0 Å². The van der Waals surface area contributed by atoms with Gasteiger partial charge < -0.3 is 5.11 Å². The van der Waals surface area contributed by atoms with E-state index < -0.39 is 15.5 Å². The molecule has 0 unspecified atom stereocenters. The Balaban J connectivity index is 2.37. The molecule has 0 amide bonds. The summed E-state index contributed by atoms with van der Waals surface area (Å²) in [4.78, 5) is 20.2. The summed E-state index contributed by atoms with van der Waals surface area (Å²) >= 11 is 3.06. The van der Waals surface area contributed by atoms with Crippen molar-refractivity contribution < 1.29 is 15.0 Å². The van der Waals surface area contributed by atoms with Crippen LogP contribution in [0.15, 0.2) is 51.1 Å². The number of rotatable bonds is 4. The smallest absolute Gasteiger partial charge is 0.301 e. The number of benzene rings is 2. The third-order valence-electron chi connectivity index (χ3n) is 2.55. The average Bonchev–Trinajstić information content (AvgIpc) is 2.45. The Morgan fingerprint density at radius 2 is 1.64 bits per heavy atom. The fourth-order valence-corrected chi connectivity index (χ4v) is 2.07. The van der Waals surface area contributed by atoms with Crippen LogP contribution in [0.1, 0.15) is 0 Å². The van der Waals surface area contributed by atoms with E-state index in [-0.39, 0.29) is 21.6 Å². The van der Waals surface area contributed by atoms with Crippen LogP contribution in [0.25, 0.3) is 0 Å². The zero-order valence-electron chi connectivity index (χ0n) is 10.7. The summed E-state index contributed by atoms with van der Waals surface area (Å²) in [5, 5.41) is 38.4. The molecule has 0 spiro atoms. The van der Waals surface area contributed by atoms with Crippen molar-refractivity contribution in [2.75, 3.05) is 0 Å². The lowest BCUT2D eigenvalue weighted by molar-refractivity contribution is -0.384. The van der Waals surface area contributed by atoms with Crippen molar-refractivity contribution in [2.45, 2.75) is 0 Å². The van der Waals surface area contributed by atoms with Crippen molar-refractivity contribution in [2.24, 2.45) is 10.2 Å². The Kier molecular flexibility index (Phi) is 4.41. The van der Waals surface area contributed by atoms with Crippen LogP contribution in [-0.2, 0) is 0 Å². The molecule has 112 valence electrons. The van der Waals surface area contributed by atoms with E-state index in [1.54, 1.807) is 0 Å². The van der Waals surface area contributed by atoms with E-state index in [0.29, 0.717) is 5.69 Å². The highest BCUT2D eigenvalue weighted by Gasteiger charge is 2.18. The fraction of sp³-hybridized carbons (Fsp3) is 0. The van der Waals surface area contributed by atoms with Gasteiger partial charge in [-0.2, -0.15) is 5.11 Å². The zero-order chi connectivity index (χ0) is 16.3. The number of aromatic hydroxyl groups is 1. The maximum Gasteiger partial charge on any atom is 0.301 e. The van der Waals surface area contributed by atoms with Gasteiger partial charge in [0.15, 0.2) is 5.69 Å². The number of hydrogen-bond donors (Lipinski definition) is 1. The molecule has 2 aromatic carbocycles. The molecule has 0 bridgehead atoms. The predicted molar refractivity (Wildman–Crippen MR) is 79.7 cm³/mol. The summed E-state index contributed by atoms with van der Waals surface area (Å²) in [6, 6.07) is 7.42. The highest BCUT2D eigenvalue weighted by atomic mass is 79.9. The Morgan fingerprint density at radius 3 is 2.18 bits per heavy atom. The number of hydrogen-bond acceptors (Lipinski definition) is 7. The molecule has 0 heterocycles. The van der Waals surface area contributed by atoms with E-state index in [9.17, 15) is 25.3 Å². The summed E-state index contributed by atoms with van der Waals surface area (Å²) in [7, 11) is 0. The number of phenols is 1. The van der Waals surface area contributed by atoms with Gasteiger partial charge in [-0.1, -0.05) is 0 Å². The summed E-state index contributed by atoms with van der Waals surface area (Å²) in [6.07, 6.45) is 0. The standard InChI is InChI=1S/C12H7BrN4O5/c13-10-5-9(18)6-11(17(21)22)12(10)15-14-7-1-3-8(4-2-7)16(19)20/h1-6,18H. The first-order valence-corrected chi connectivity index (χ1v) is 6.51. The van der Waals surface area contributed by atoms with Gasteiger partial charge in [0.1, 0.15) is 5.75 Å². The number of non-ortho nitro benzene ring substituents is 1. The number of halogens is 1. The number of nitrogens with zero attached hydrogens (tertiary/aromatic N) is 4. The molecule has 0 aliphatic carbocycles. The van der Waals surface area contributed by atoms with Gasteiger partial charge in [-0.25, -0.2) is 0 Å². The van der Waals surface area contributed by atoms with Gasteiger partial charge in [-0.3, -0.25) is 20.2 Å². The van der Waals surface area contributed by atoms with Crippen LogP contribution >= 0.6 is 15.9 Å². The lowest BCUT2D eigenvalue weighted by atomic mass is 10.2. The molecular formula is C12H7BrN4O5. The lowest BCUT2D eigenvalue weighted by Gasteiger charge is -2.01. The Hall–Kier alpha value is -2.88. The number of nitro groups is 2. The van der Waals surface area contributed by atoms with Crippen molar-refractivity contribution in [3.05, 3.63) is 61.1 Å². The van der Waals surface area contributed by atoms with Crippen LogP contribution in [-0.4, -0.2) is 15.0 Å². The van der Waals surface area contributed by atoms with Crippen LogP contribution in [0.4, 0.5) is 22.7 Å². The summed E-state index contributed by atoms with van der Waals surface area (Å²) < 4.78 is 0.199. The minimum absolute atomic E-state index is 0.0684. The molecule has 0 fully saturated rings. The molecule has 0 atom stereocenters. The second-order valence-corrected chi connectivity index (χ2v) is 4.88. The second kappa shape index (κ2) is 6.26. The van der Waals surface area contributed by atoms with Gasteiger partial charge in [-0.15, -0.1) is 5.11 Å². The van der Waals surface area contributed by atoms with Gasteiger partial charge in [0.05, 0.1) is 26.1 Å². The summed E-state index contributed by atoms with van der Waals surface area (Å²) in [6.45, 7) is 0. The molecule has 2 rings (SSSR count). The van der Waals surface area contributed by atoms with E-state index >= 15 is 0 Å². The van der Waals surface area contributed by atoms with Gasteiger partial charge >= 0.3 is 5.69 Å². The van der Waals surface area contributed by atoms with Crippen LogP contribution < -0.4 is 0 Å². The molecule has 0 aliphatic rings. The van der Waals surface area contributed by atoms with E-state index in [2.05, 4.69) is 26.2 Å². The van der Waals surface area contributed by atoms with Gasteiger partial charge in [0, 0.05) is 12.1 Å². The topological polar surface area (TPSA) is 131 Å². The number of phenolic OH excluding ortho intramolecular Hbond substituents is 1. The maximum absolute atomic E-state index is 11.0. The maximum atomic E-state index is 11.0. The van der Waals surface area contributed by atoms with Crippen LogP contribution in [0.5, 0.6) is 5.75 Å². The molecule has 0 saturated carbocycles. The van der Waals surface area contributed by atoms with Crippen molar-refractivity contribution in [3.8, 4) is 5.75 Å². The Bertz CT molecular complexity index is 776. The van der Waals surface area contributed by atoms with Crippen LogP contribution in [0.3, 0.4) is 0 Å². The molecule has 10 heteroatoms. The van der Waals surface area contributed by atoms with Crippen molar-refractivity contribution in [3.63, 3.8) is 0 Å². The number of nitro benzene ring substituents is 2. The lowest BCUT2D eigenvalue weighted by Crippen LogP contribution is -1.89. The van der Waals surface area contributed by atoms with Crippen LogP contribution in [0, 0.1) is 20.2 Å². The molecule has 0 saturated heterocycles. The largest absolute Gasteiger partial charge is 0.508 e. The van der Waals surface area contributed by atoms with Gasteiger partial charge in [0.2, 0.25) is 0 Å². The summed E-state index contributed by atoms with van der Waals surface area (Å²) in [5.41, 5.74) is -0.297. The minimum Gasteiger partial charge on any atom is -0.508 e. The predicted octanol–water partition coefficient (Wildman–Crippen LogP) is 4.39.